The molecule has 1 rings (SSSR count). The number of hydrogen-bond donors (Lipinski definition) is 2. The van der Waals surface area contributed by atoms with E-state index in [0.717, 1.165) is 11.1 Å². The molecule has 0 saturated carbocycles. The van der Waals surface area contributed by atoms with Crippen LogP contribution in [0.5, 0.6) is 0 Å². The third-order valence-corrected chi connectivity index (χ3v) is 3.94. The second-order valence-corrected chi connectivity index (χ2v) is 5.85. The van der Waals surface area contributed by atoms with Crippen LogP contribution in [0.3, 0.4) is 0 Å². The number of sulfonamides is 1. The molecular weight excluding hydrogens is 264 g/mol. The molecule has 0 aliphatic carbocycles. The monoisotopic (exact) mass is 279 g/mol. The standard InChI is InChI=1S/C11H15F2NO3S/c1-8-3-4-10(5-9(8)2)18(16,17)14-6-11(12,13)7-15/h3-5,14-15H,6-7H2,1-2H3. The van der Waals surface area contributed by atoms with Crippen molar-refractivity contribution in [1.29, 1.82) is 0 Å². The summed E-state index contributed by atoms with van der Waals surface area (Å²) in [5.74, 6) is -3.47. The lowest BCUT2D eigenvalue weighted by molar-refractivity contribution is -0.0437. The minimum absolute atomic E-state index is 0.0701. The first-order chi connectivity index (χ1) is 8.18. The SMILES string of the molecule is Cc1ccc(S(=O)(=O)NCC(F)(F)CO)cc1C. The minimum atomic E-state index is -3.98. The number of alkyl halides is 2. The van der Waals surface area contributed by atoms with Gasteiger partial charge in [0, 0.05) is 0 Å². The van der Waals surface area contributed by atoms with E-state index >= 15 is 0 Å². The van der Waals surface area contributed by atoms with Gasteiger partial charge < -0.3 is 5.11 Å². The predicted molar refractivity (Wildman–Crippen MR) is 63.1 cm³/mol. The van der Waals surface area contributed by atoms with Gasteiger partial charge >= 0.3 is 0 Å². The molecule has 2 N–H and O–H groups in total. The number of aliphatic hydroxyl groups is 1. The van der Waals surface area contributed by atoms with E-state index in [1.165, 1.54) is 12.1 Å². The Morgan fingerprint density at radius 1 is 1.28 bits per heavy atom. The Hall–Kier alpha value is -1.05. The number of nitrogens with one attached hydrogen (secondary N) is 1. The highest BCUT2D eigenvalue weighted by Gasteiger charge is 2.30. The summed E-state index contributed by atoms with van der Waals surface area (Å²) in [6.07, 6.45) is 0. The maximum Gasteiger partial charge on any atom is 0.283 e. The van der Waals surface area contributed by atoms with Crippen LogP contribution >= 0.6 is 0 Å². The number of aryl methyl sites for hydroxylation is 2. The lowest BCUT2D eigenvalue weighted by Gasteiger charge is -2.14. The molecule has 0 fully saturated rings. The summed E-state index contributed by atoms with van der Waals surface area (Å²) in [4.78, 5) is -0.0701. The number of benzene rings is 1. The first-order valence-corrected chi connectivity index (χ1v) is 6.72. The fourth-order valence-corrected chi connectivity index (χ4v) is 2.37. The van der Waals surface area contributed by atoms with E-state index in [0.29, 0.717) is 0 Å². The first kappa shape index (κ1) is 15.0. The second-order valence-electron chi connectivity index (χ2n) is 4.08. The van der Waals surface area contributed by atoms with E-state index < -0.39 is 29.1 Å². The average Bonchev–Trinajstić information content (AvgIpc) is 2.30. The fourth-order valence-electron chi connectivity index (χ4n) is 1.22. The van der Waals surface area contributed by atoms with Gasteiger partial charge in [0.1, 0.15) is 6.61 Å². The molecule has 0 spiro atoms. The van der Waals surface area contributed by atoms with Crippen molar-refractivity contribution in [3.63, 3.8) is 0 Å². The predicted octanol–water partition coefficient (Wildman–Crippen LogP) is 1.21. The van der Waals surface area contributed by atoms with Crippen LogP contribution in [0.15, 0.2) is 23.1 Å². The Morgan fingerprint density at radius 2 is 1.89 bits per heavy atom. The van der Waals surface area contributed by atoms with Crippen molar-refractivity contribution in [1.82, 2.24) is 4.72 Å². The third kappa shape index (κ3) is 3.72. The molecule has 18 heavy (non-hydrogen) atoms. The van der Waals surface area contributed by atoms with Gasteiger partial charge in [-0.25, -0.2) is 21.9 Å². The highest BCUT2D eigenvalue weighted by atomic mass is 32.2. The summed E-state index contributed by atoms with van der Waals surface area (Å²) < 4.78 is 50.8. The van der Waals surface area contributed by atoms with Gasteiger partial charge in [-0.1, -0.05) is 6.07 Å². The highest BCUT2D eigenvalue weighted by molar-refractivity contribution is 7.89. The van der Waals surface area contributed by atoms with E-state index in [2.05, 4.69) is 0 Å². The number of hydrogen-bond acceptors (Lipinski definition) is 3. The molecule has 0 atom stereocenters. The largest absolute Gasteiger partial charge is 0.390 e. The average molecular weight is 279 g/mol. The van der Waals surface area contributed by atoms with E-state index in [9.17, 15) is 17.2 Å². The zero-order chi connectivity index (χ0) is 14.0. The Morgan fingerprint density at radius 3 is 2.39 bits per heavy atom. The summed E-state index contributed by atoms with van der Waals surface area (Å²) >= 11 is 0. The molecule has 0 amide bonds. The summed E-state index contributed by atoms with van der Waals surface area (Å²) in [5, 5.41) is 8.36. The van der Waals surface area contributed by atoms with Gasteiger partial charge in [0.2, 0.25) is 10.0 Å². The van der Waals surface area contributed by atoms with Gasteiger partial charge in [-0.3, -0.25) is 0 Å². The normalized spacial score (nSPS) is 12.7. The first-order valence-electron chi connectivity index (χ1n) is 5.23. The van der Waals surface area contributed by atoms with Gasteiger partial charge in [0.05, 0.1) is 11.4 Å². The Labute approximate surface area is 105 Å². The van der Waals surface area contributed by atoms with Gasteiger partial charge in [-0.2, -0.15) is 0 Å². The summed E-state index contributed by atoms with van der Waals surface area (Å²) in [6.45, 7) is 1.02. The van der Waals surface area contributed by atoms with Crippen molar-refractivity contribution in [3.8, 4) is 0 Å². The van der Waals surface area contributed by atoms with Crippen molar-refractivity contribution in [2.45, 2.75) is 24.7 Å². The zero-order valence-electron chi connectivity index (χ0n) is 10.1. The number of rotatable bonds is 5. The van der Waals surface area contributed by atoms with Gasteiger partial charge in [-0.15, -0.1) is 0 Å². The van der Waals surface area contributed by atoms with Gasteiger partial charge in [0.15, 0.2) is 0 Å². The number of aliphatic hydroxyl groups excluding tert-OH is 1. The summed E-state index contributed by atoms with van der Waals surface area (Å²) in [6, 6.07) is 4.37. The molecule has 1 aromatic rings. The quantitative estimate of drug-likeness (QED) is 0.851. The van der Waals surface area contributed by atoms with Crippen LogP contribution in [0, 0.1) is 13.8 Å². The Kier molecular flexibility index (Phi) is 4.41. The van der Waals surface area contributed by atoms with Crippen molar-refractivity contribution >= 4 is 10.0 Å². The van der Waals surface area contributed by atoms with E-state index in [4.69, 9.17) is 5.11 Å². The lowest BCUT2D eigenvalue weighted by Crippen LogP contribution is -2.38. The molecule has 0 heterocycles. The van der Waals surface area contributed by atoms with Crippen molar-refractivity contribution in [3.05, 3.63) is 29.3 Å². The summed E-state index contributed by atoms with van der Waals surface area (Å²) in [7, 11) is -3.98. The minimum Gasteiger partial charge on any atom is -0.390 e. The van der Waals surface area contributed by atoms with Crippen LogP contribution in [0.4, 0.5) is 8.78 Å². The van der Waals surface area contributed by atoms with E-state index in [1.807, 2.05) is 6.92 Å². The highest BCUT2D eigenvalue weighted by Crippen LogP contribution is 2.16. The van der Waals surface area contributed by atoms with E-state index in [1.54, 1.807) is 17.7 Å². The topological polar surface area (TPSA) is 66.4 Å². The third-order valence-electron chi connectivity index (χ3n) is 2.54. The van der Waals surface area contributed by atoms with Crippen molar-refractivity contribution < 1.29 is 22.3 Å². The molecule has 0 aromatic heterocycles. The van der Waals surface area contributed by atoms with Gasteiger partial charge in [0.25, 0.3) is 5.92 Å². The molecule has 0 radical (unpaired) electrons. The van der Waals surface area contributed by atoms with Crippen molar-refractivity contribution in [2.75, 3.05) is 13.2 Å². The van der Waals surface area contributed by atoms with Crippen LogP contribution in [0.1, 0.15) is 11.1 Å². The fraction of sp³-hybridized carbons (Fsp3) is 0.455. The molecule has 1 aromatic carbocycles. The molecule has 7 heteroatoms. The molecule has 0 aliphatic heterocycles. The Bertz CT molecular complexity index is 529. The lowest BCUT2D eigenvalue weighted by atomic mass is 10.1. The van der Waals surface area contributed by atoms with E-state index in [-0.39, 0.29) is 4.90 Å². The van der Waals surface area contributed by atoms with Crippen LogP contribution in [0.2, 0.25) is 0 Å². The molecule has 0 saturated heterocycles. The zero-order valence-corrected chi connectivity index (χ0v) is 10.9. The molecule has 102 valence electrons. The smallest absolute Gasteiger partial charge is 0.283 e. The molecule has 0 bridgehead atoms. The molecule has 0 aliphatic rings. The Balaban J connectivity index is 2.90. The molecule has 0 unspecified atom stereocenters. The summed E-state index contributed by atoms with van der Waals surface area (Å²) in [5.41, 5.74) is 1.67. The van der Waals surface area contributed by atoms with Crippen molar-refractivity contribution in [2.24, 2.45) is 0 Å². The maximum atomic E-state index is 12.8. The van der Waals surface area contributed by atoms with Crippen LogP contribution in [0.25, 0.3) is 0 Å². The van der Waals surface area contributed by atoms with Crippen LogP contribution in [-0.2, 0) is 10.0 Å². The number of halogens is 2. The molecular formula is C11H15F2NO3S. The van der Waals surface area contributed by atoms with Gasteiger partial charge in [-0.05, 0) is 37.1 Å². The maximum absolute atomic E-state index is 12.8. The second kappa shape index (κ2) is 5.29. The van der Waals surface area contributed by atoms with Crippen LogP contribution in [-0.4, -0.2) is 32.6 Å². The van der Waals surface area contributed by atoms with Crippen LogP contribution < -0.4 is 4.72 Å². The molecule has 4 nitrogen and oxygen atoms in total.